The fourth-order valence-corrected chi connectivity index (χ4v) is 2.70. The molecular weight excluding hydrogens is 307 g/mol. The molecule has 120 valence electrons. The molecule has 3 nitrogen and oxygen atoms in total. The number of alkyl halides is 3. The van der Waals surface area contributed by atoms with Crippen molar-refractivity contribution in [3.63, 3.8) is 0 Å². The van der Waals surface area contributed by atoms with E-state index in [9.17, 15) is 18.0 Å². The molecule has 0 bridgehead atoms. The Morgan fingerprint density at radius 2 is 1.83 bits per heavy atom. The largest absolute Gasteiger partial charge is 0.573 e. The van der Waals surface area contributed by atoms with Gasteiger partial charge in [-0.3, -0.25) is 5.32 Å². The number of fused-ring (bicyclic) bond motifs is 1. The third kappa shape index (κ3) is 3.71. The van der Waals surface area contributed by atoms with E-state index < -0.39 is 6.36 Å². The summed E-state index contributed by atoms with van der Waals surface area (Å²) in [5.74, 6) is -0.236. The lowest BCUT2D eigenvalue weighted by atomic mass is 9.98. The number of rotatable bonds is 4. The van der Waals surface area contributed by atoms with Crippen molar-refractivity contribution in [2.75, 3.05) is 0 Å². The van der Waals surface area contributed by atoms with Crippen molar-refractivity contribution in [2.24, 2.45) is 0 Å². The smallest absolute Gasteiger partial charge is 0.406 e. The van der Waals surface area contributed by atoms with E-state index in [1.165, 1.54) is 12.1 Å². The molecular formula is C17H14F3NO2. The molecule has 2 aromatic carbocycles. The van der Waals surface area contributed by atoms with Crippen molar-refractivity contribution in [2.45, 2.75) is 25.4 Å². The molecule has 1 atom stereocenters. The summed E-state index contributed by atoms with van der Waals surface area (Å²) in [5, 5.41) is 3.10. The van der Waals surface area contributed by atoms with Crippen molar-refractivity contribution in [3.8, 4) is 5.75 Å². The number of halogens is 3. The first-order valence-electron chi connectivity index (χ1n) is 7.10. The average molecular weight is 321 g/mol. The van der Waals surface area contributed by atoms with Gasteiger partial charge in [-0.25, -0.2) is 0 Å². The van der Waals surface area contributed by atoms with Gasteiger partial charge in [-0.1, -0.05) is 30.3 Å². The van der Waals surface area contributed by atoms with Gasteiger partial charge in [-0.05, 0) is 40.8 Å². The minimum Gasteiger partial charge on any atom is -0.406 e. The summed E-state index contributed by atoms with van der Waals surface area (Å²) < 4.78 is 40.2. The van der Waals surface area contributed by atoms with Crippen LogP contribution < -0.4 is 10.1 Å². The second-order valence-electron chi connectivity index (χ2n) is 5.40. The Hall–Kier alpha value is -2.34. The standard InChI is InChI=1S/C17H14F3NO2/c18-17(19,20)23-14-5-2-11(3-6-14)7-12-1-4-13-9-21-16(10-22)15(13)8-12/h1-6,8,10,16,21H,7,9H2. The van der Waals surface area contributed by atoms with Gasteiger partial charge in [0.05, 0.1) is 6.04 Å². The van der Waals surface area contributed by atoms with Crippen molar-refractivity contribution < 1.29 is 22.7 Å². The molecule has 0 aromatic heterocycles. The highest BCUT2D eigenvalue weighted by Gasteiger charge is 2.30. The summed E-state index contributed by atoms with van der Waals surface area (Å²) in [4.78, 5) is 11.0. The van der Waals surface area contributed by atoms with Gasteiger partial charge >= 0.3 is 6.36 Å². The molecule has 0 fully saturated rings. The van der Waals surface area contributed by atoms with Gasteiger partial charge in [0.25, 0.3) is 0 Å². The highest BCUT2D eigenvalue weighted by molar-refractivity contribution is 5.64. The first-order valence-corrected chi connectivity index (χ1v) is 7.10. The fourth-order valence-electron chi connectivity index (χ4n) is 2.70. The Morgan fingerprint density at radius 3 is 2.48 bits per heavy atom. The predicted octanol–water partition coefficient (Wildman–Crippen LogP) is 3.52. The predicted molar refractivity (Wildman–Crippen MR) is 78.0 cm³/mol. The third-order valence-corrected chi connectivity index (χ3v) is 3.76. The Kier molecular flexibility index (Phi) is 4.09. The molecule has 0 aliphatic carbocycles. The zero-order valence-electron chi connectivity index (χ0n) is 12.1. The Bertz CT molecular complexity index is 711. The van der Waals surface area contributed by atoms with Crippen LogP contribution in [0.25, 0.3) is 0 Å². The Labute approximate surface area is 131 Å². The van der Waals surface area contributed by atoms with Crippen molar-refractivity contribution in [1.29, 1.82) is 0 Å². The monoisotopic (exact) mass is 321 g/mol. The normalized spacial score (nSPS) is 16.9. The third-order valence-electron chi connectivity index (χ3n) is 3.76. The van der Waals surface area contributed by atoms with E-state index in [0.717, 1.165) is 28.5 Å². The van der Waals surface area contributed by atoms with E-state index in [4.69, 9.17) is 0 Å². The highest BCUT2D eigenvalue weighted by atomic mass is 19.4. The summed E-state index contributed by atoms with van der Waals surface area (Å²) in [6.07, 6.45) is -3.23. The summed E-state index contributed by atoms with van der Waals surface area (Å²) in [6.45, 7) is 0.669. The van der Waals surface area contributed by atoms with E-state index in [-0.39, 0.29) is 11.8 Å². The van der Waals surface area contributed by atoms with E-state index in [1.54, 1.807) is 12.1 Å². The Morgan fingerprint density at radius 1 is 1.13 bits per heavy atom. The molecule has 1 aliphatic heterocycles. The van der Waals surface area contributed by atoms with Crippen LogP contribution in [-0.4, -0.2) is 12.6 Å². The van der Waals surface area contributed by atoms with E-state index in [0.29, 0.717) is 13.0 Å². The van der Waals surface area contributed by atoms with Crippen molar-refractivity contribution >= 4 is 6.29 Å². The lowest BCUT2D eigenvalue weighted by molar-refractivity contribution is -0.274. The molecule has 1 heterocycles. The number of carbonyl (C=O) groups is 1. The van der Waals surface area contributed by atoms with Crippen LogP contribution in [0.2, 0.25) is 0 Å². The Balaban J connectivity index is 1.74. The number of aldehydes is 1. The maximum Gasteiger partial charge on any atom is 0.573 e. The average Bonchev–Trinajstić information content (AvgIpc) is 2.90. The minimum absolute atomic E-state index is 0.236. The molecule has 0 saturated carbocycles. The maximum absolute atomic E-state index is 12.1. The topological polar surface area (TPSA) is 38.3 Å². The zero-order valence-corrected chi connectivity index (χ0v) is 12.1. The number of hydrogen-bond donors (Lipinski definition) is 1. The van der Waals surface area contributed by atoms with Crippen LogP contribution in [-0.2, 0) is 17.8 Å². The van der Waals surface area contributed by atoms with Crippen LogP contribution in [0.1, 0.15) is 28.3 Å². The van der Waals surface area contributed by atoms with Crippen LogP contribution in [0.15, 0.2) is 42.5 Å². The second-order valence-corrected chi connectivity index (χ2v) is 5.40. The van der Waals surface area contributed by atoms with Crippen LogP contribution in [0, 0.1) is 0 Å². The molecule has 0 saturated heterocycles. The van der Waals surface area contributed by atoms with Crippen molar-refractivity contribution in [3.05, 3.63) is 64.7 Å². The van der Waals surface area contributed by atoms with E-state index in [1.807, 2.05) is 18.2 Å². The summed E-state index contributed by atoms with van der Waals surface area (Å²) >= 11 is 0. The molecule has 1 unspecified atom stereocenters. The summed E-state index contributed by atoms with van der Waals surface area (Å²) in [7, 11) is 0. The van der Waals surface area contributed by atoms with Crippen LogP contribution >= 0.6 is 0 Å². The molecule has 1 N–H and O–H groups in total. The van der Waals surface area contributed by atoms with Gasteiger partial charge in [0, 0.05) is 6.54 Å². The van der Waals surface area contributed by atoms with E-state index >= 15 is 0 Å². The molecule has 0 radical (unpaired) electrons. The molecule has 6 heteroatoms. The van der Waals surface area contributed by atoms with Crippen LogP contribution in [0.5, 0.6) is 5.75 Å². The van der Waals surface area contributed by atoms with Gasteiger partial charge in [-0.15, -0.1) is 13.2 Å². The number of hydrogen-bond acceptors (Lipinski definition) is 3. The summed E-state index contributed by atoms with van der Waals surface area (Å²) in [5.41, 5.74) is 3.94. The first-order chi connectivity index (χ1) is 10.9. The van der Waals surface area contributed by atoms with Gasteiger partial charge in [0.2, 0.25) is 0 Å². The zero-order chi connectivity index (χ0) is 16.4. The maximum atomic E-state index is 12.1. The molecule has 0 spiro atoms. The van der Waals surface area contributed by atoms with Crippen molar-refractivity contribution in [1.82, 2.24) is 5.32 Å². The SMILES string of the molecule is O=CC1NCc2ccc(Cc3ccc(OC(F)(F)F)cc3)cc21. The molecule has 1 aliphatic rings. The van der Waals surface area contributed by atoms with Gasteiger partial charge in [-0.2, -0.15) is 0 Å². The lowest BCUT2D eigenvalue weighted by Crippen LogP contribution is -2.17. The van der Waals surface area contributed by atoms with Crippen LogP contribution in [0.4, 0.5) is 13.2 Å². The van der Waals surface area contributed by atoms with Gasteiger partial charge < -0.3 is 9.53 Å². The highest BCUT2D eigenvalue weighted by Crippen LogP contribution is 2.27. The number of benzene rings is 2. The number of nitrogens with one attached hydrogen (secondary N) is 1. The van der Waals surface area contributed by atoms with Crippen LogP contribution in [0.3, 0.4) is 0 Å². The molecule has 0 amide bonds. The number of ether oxygens (including phenoxy) is 1. The quantitative estimate of drug-likeness (QED) is 0.876. The molecule has 2 aromatic rings. The molecule has 23 heavy (non-hydrogen) atoms. The molecule has 3 rings (SSSR count). The van der Waals surface area contributed by atoms with Gasteiger partial charge in [0.1, 0.15) is 12.0 Å². The second kappa shape index (κ2) is 6.04. The van der Waals surface area contributed by atoms with Gasteiger partial charge in [0.15, 0.2) is 0 Å². The lowest BCUT2D eigenvalue weighted by Gasteiger charge is -2.10. The minimum atomic E-state index is -4.68. The first kappa shape index (κ1) is 15.6. The fraction of sp³-hybridized carbons (Fsp3) is 0.235. The summed E-state index contributed by atoms with van der Waals surface area (Å²) in [6, 6.07) is 11.4. The van der Waals surface area contributed by atoms with E-state index in [2.05, 4.69) is 10.1 Å². The number of carbonyl (C=O) groups excluding carboxylic acids is 1.